The predicted octanol–water partition coefficient (Wildman–Crippen LogP) is -0.258. The fraction of sp³-hybridized carbons (Fsp3) is 0.500. The van der Waals surface area contributed by atoms with Crippen LogP contribution in [0.25, 0.3) is 0 Å². The average molecular weight is 225 g/mol. The maximum absolute atomic E-state index is 11.6. The van der Waals surface area contributed by atoms with Crippen molar-refractivity contribution in [2.75, 3.05) is 32.1 Å². The molecule has 1 aromatic heterocycles. The summed E-state index contributed by atoms with van der Waals surface area (Å²) in [7, 11) is 0. The standard InChI is InChI=1S/C10H15N3O3/c11-7-3-9(12-4-7)10(14)13-5-8-6-15-1-2-16-8/h3-4,8,12H,1-2,5-6,11H2,(H,13,14). The van der Waals surface area contributed by atoms with Gasteiger partial charge >= 0.3 is 0 Å². The van der Waals surface area contributed by atoms with Crippen molar-refractivity contribution in [1.29, 1.82) is 0 Å². The Labute approximate surface area is 93.1 Å². The number of aromatic nitrogens is 1. The summed E-state index contributed by atoms with van der Waals surface area (Å²) in [5, 5.41) is 2.75. The van der Waals surface area contributed by atoms with Gasteiger partial charge in [0.2, 0.25) is 0 Å². The van der Waals surface area contributed by atoms with Crippen LogP contribution in [0.2, 0.25) is 0 Å². The molecule has 1 fully saturated rings. The molecule has 16 heavy (non-hydrogen) atoms. The molecule has 0 saturated carbocycles. The van der Waals surface area contributed by atoms with Crippen LogP contribution in [-0.4, -0.2) is 43.4 Å². The number of hydrogen-bond acceptors (Lipinski definition) is 4. The normalized spacial score (nSPS) is 20.6. The zero-order chi connectivity index (χ0) is 11.4. The topological polar surface area (TPSA) is 89.4 Å². The first-order chi connectivity index (χ1) is 7.75. The van der Waals surface area contributed by atoms with Crippen LogP contribution in [0.4, 0.5) is 5.69 Å². The zero-order valence-electron chi connectivity index (χ0n) is 8.86. The second kappa shape index (κ2) is 5.00. The molecule has 1 amide bonds. The first kappa shape index (κ1) is 11.0. The van der Waals surface area contributed by atoms with Crippen molar-refractivity contribution in [3.8, 4) is 0 Å². The van der Waals surface area contributed by atoms with E-state index >= 15 is 0 Å². The fourth-order valence-corrected chi connectivity index (χ4v) is 1.50. The zero-order valence-corrected chi connectivity index (χ0v) is 8.86. The Kier molecular flexibility index (Phi) is 3.43. The molecular weight excluding hydrogens is 210 g/mol. The van der Waals surface area contributed by atoms with Crippen LogP contribution in [0, 0.1) is 0 Å². The van der Waals surface area contributed by atoms with Gasteiger partial charge in [-0.25, -0.2) is 0 Å². The van der Waals surface area contributed by atoms with E-state index in [4.69, 9.17) is 15.2 Å². The Hall–Kier alpha value is -1.53. The fourth-order valence-electron chi connectivity index (χ4n) is 1.50. The molecular formula is C10H15N3O3. The number of hydrogen-bond donors (Lipinski definition) is 3. The molecule has 0 bridgehead atoms. The van der Waals surface area contributed by atoms with E-state index in [1.165, 1.54) is 0 Å². The molecule has 6 nitrogen and oxygen atoms in total. The maximum atomic E-state index is 11.6. The van der Waals surface area contributed by atoms with Crippen molar-refractivity contribution >= 4 is 11.6 Å². The lowest BCUT2D eigenvalue weighted by molar-refractivity contribution is -0.0855. The Balaban J connectivity index is 1.79. The molecule has 6 heteroatoms. The molecule has 0 radical (unpaired) electrons. The van der Waals surface area contributed by atoms with Gasteiger partial charge in [-0.3, -0.25) is 4.79 Å². The molecule has 0 spiro atoms. The number of aromatic amines is 1. The number of H-pyrrole nitrogens is 1. The average Bonchev–Trinajstić information content (AvgIpc) is 2.74. The van der Waals surface area contributed by atoms with E-state index < -0.39 is 0 Å². The highest BCUT2D eigenvalue weighted by Gasteiger charge is 2.16. The minimum absolute atomic E-state index is 0.0648. The van der Waals surface area contributed by atoms with Gasteiger partial charge < -0.3 is 25.5 Å². The van der Waals surface area contributed by atoms with Crippen molar-refractivity contribution in [3.63, 3.8) is 0 Å². The van der Waals surface area contributed by atoms with Gasteiger partial charge in [-0.15, -0.1) is 0 Å². The second-order valence-electron chi connectivity index (χ2n) is 3.62. The van der Waals surface area contributed by atoms with Gasteiger partial charge in [-0.1, -0.05) is 0 Å². The van der Waals surface area contributed by atoms with Gasteiger partial charge in [0.05, 0.1) is 25.9 Å². The quantitative estimate of drug-likeness (QED) is 0.661. The number of carbonyl (C=O) groups excluding carboxylic acids is 1. The van der Waals surface area contributed by atoms with Gasteiger partial charge in [-0.2, -0.15) is 0 Å². The summed E-state index contributed by atoms with van der Waals surface area (Å²) in [6, 6.07) is 1.59. The van der Waals surface area contributed by atoms with Gasteiger partial charge in [0.1, 0.15) is 5.69 Å². The molecule has 1 aromatic rings. The molecule has 1 unspecified atom stereocenters. The van der Waals surface area contributed by atoms with Gasteiger partial charge in [0.15, 0.2) is 0 Å². The molecule has 1 atom stereocenters. The van der Waals surface area contributed by atoms with Crippen molar-refractivity contribution in [3.05, 3.63) is 18.0 Å². The number of amides is 1. The van der Waals surface area contributed by atoms with Crippen LogP contribution < -0.4 is 11.1 Å². The first-order valence-electron chi connectivity index (χ1n) is 5.17. The van der Waals surface area contributed by atoms with Gasteiger partial charge in [0.25, 0.3) is 5.91 Å². The molecule has 1 saturated heterocycles. The summed E-state index contributed by atoms with van der Waals surface area (Å²) < 4.78 is 10.6. The Bertz CT molecular complexity index is 358. The van der Waals surface area contributed by atoms with Crippen LogP contribution in [0.3, 0.4) is 0 Å². The van der Waals surface area contributed by atoms with Crippen molar-refractivity contribution < 1.29 is 14.3 Å². The van der Waals surface area contributed by atoms with E-state index in [2.05, 4.69) is 10.3 Å². The first-order valence-corrected chi connectivity index (χ1v) is 5.17. The molecule has 4 N–H and O–H groups in total. The van der Waals surface area contributed by atoms with E-state index in [1.54, 1.807) is 12.3 Å². The summed E-state index contributed by atoms with van der Waals surface area (Å²) in [5.74, 6) is -0.189. The molecule has 1 aliphatic rings. The number of nitrogen functional groups attached to an aromatic ring is 1. The molecule has 88 valence electrons. The Morgan fingerprint density at radius 2 is 2.50 bits per heavy atom. The summed E-state index contributed by atoms with van der Waals surface area (Å²) in [4.78, 5) is 14.4. The van der Waals surface area contributed by atoms with Crippen LogP contribution >= 0.6 is 0 Å². The largest absolute Gasteiger partial charge is 0.397 e. The van der Waals surface area contributed by atoms with E-state index in [9.17, 15) is 4.79 Å². The third kappa shape index (κ3) is 2.74. The smallest absolute Gasteiger partial charge is 0.267 e. The Morgan fingerprint density at radius 3 is 3.12 bits per heavy atom. The van der Waals surface area contributed by atoms with E-state index in [0.717, 1.165) is 0 Å². The highest BCUT2D eigenvalue weighted by molar-refractivity contribution is 5.93. The molecule has 0 aromatic carbocycles. The maximum Gasteiger partial charge on any atom is 0.267 e. The monoisotopic (exact) mass is 225 g/mol. The highest BCUT2D eigenvalue weighted by atomic mass is 16.6. The van der Waals surface area contributed by atoms with Crippen LogP contribution in [0.1, 0.15) is 10.5 Å². The van der Waals surface area contributed by atoms with E-state index in [1.807, 2.05) is 0 Å². The number of anilines is 1. The van der Waals surface area contributed by atoms with Crippen LogP contribution in [0.15, 0.2) is 12.3 Å². The van der Waals surface area contributed by atoms with Crippen molar-refractivity contribution in [2.45, 2.75) is 6.10 Å². The number of carbonyl (C=O) groups is 1. The lowest BCUT2D eigenvalue weighted by atomic mass is 10.3. The lowest BCUT2D eigenvalue weighted by Crippen LogP contribution is -2.39. The SMILES string of the molecule is Nc1c[nH]c(C(=O)NCC2COCCO2)c1. The third-order valence-electron chi connectivity index (χ3n) is 2.33. The lowest BCUT2D eigenvalue weighted by Gasteiger charge is -2.22. The minimum atomic E-state index is -0.189. The second-order valence-corrected chi connectivity index (χ2v) is 3.62. The highest BCUT2D eigenvalue weighted by Crippen LogP contribution is 2.04. The van der Waals surface area contributed by atoms with Gasteiger partial charge in [-0.05, 0) is 6.07 Å². The van der Waals surface area contributed by atoms with Crippen molar-refractivity contribution in [2.24, 2.45) is 0 Å². The van der Waals surface area contributed by atoms with Crippen LogP contribution in [0.5, 0.6) is 0 Å². The van der Waals surface area contributed by atoms with Gasteiger partial charge in [0, 0.05) is 18.4 Å². The van der Waals surface area contributed by atoms with E-state index in [-0.39, 0.29) is 12.0 Å². The summed E-state index contributed by atoms with van der Waals surface area (Å²) in [6.07, 6.45) is 1.51. The molecule has 1 aliphatic heterocycles. The molecule has 2 heterocycles. The van der Waals surface area contributed by atoms with Crippen molar-refractivity contribution in [1.82, 2.24) is 10.3 Å². The summed E-state index contributed by atoms with van der Waals surface area (Å²) >= 11 is 0. The third-order valence-corrected chi connectivity index (χ3v) is 2.33. The summed E-state index contributed by atoms with van der Waals surface area (Å²) in [5.41, 5.74) is 6.50. The molecule has 2 rings (SSSR count). The summed E-state index contributed by atoms with van der Waals surface area (Å²) in [6.45, 7) is 2.17. The molecule has 0 aliphatic carbocycles. The predicted molar refractivity (Wildman–Crippen MR) is 58.1 cm³/mol. The van der Waals surface area contributed by atoms with Crippen LogP contribution in [-0.2, 0) is 9.47 Å². The Morgan fingerprint density at radius 1 is 1.62 bits per heavy atom. The number of nitrogens with one attached hydrogen (secondary N) is 2. The number of rotatable bonds is 3. The number of ether oxygens (including phenoxy) is 2. The van der Waals surface area contributed by atoms with E-state index in [0.29, 0.717) is 37.7 Å². The minimum Gasteiger partial charge on any atom is -0.397 e. The number of nitrogens with two attached hydrogens (primary N) is 1.